The second-order valence-corrected chi connectivity index (χ2v) is 5.48. The Balaban J connectivity index is 4.75. The minimum atomic E-state index is 0.329. The topological polar surface area (TPSA) is 3.24 Å². The van der Waals surface area contributed by atoms with Crippen LogP contribution in [0.15, 0.2) is 0 Å². The van der Waals surface area contributed by atoms with E-state index in [4.69, 9.17) is 0 Å². The van der Waals surface area contributed by atoms with Gasteiger partial charge in [-0.05, 0) is 53.5 Å². The van der Waals surface area contributed by atoms with Crippen molar-refractivity contribution in [1.29, 1.82) is 0 Å². The normalized spacial score (nSPS) is 13.7. The highest BCUT2D eigenvalue weighted by molar-refractivity contribution is 4.90. The summed E-state index contributed by atoms with van der Waals surface area (Å²) in [6, 6.07) is 0. The van der Waals surface area contributed by atoms with Gasteiger partial charge in [-0.25, -0.2) is 0 Å². The molecule has 0 radical (unpaired) electrons. The Morgan fingerprint density at radius 3 is 1.36 bits per heavy atom. The van der Waals surface area contributed by atoms with Crippen molar-refractivity contribution in [1.82, 2.24) is 4.90 Å². The van der Waals surface area contributed by atoms with Crippen molar-refractivity contribution < 1.29 is 0 Å². The minimum Gasteiger partial charge on any atom is -0.293 e. The Kier molecular flexibility index (Phi) is 5.14. The highest BCUT2D eigenvalue weighted by atomic mass is 15.2. The van der Waals surface area contributed by atoms with E-state index in [-0.39, 0.29) is 0 Å². The molecule has 0 aliphatic rings. The van der Waals surface area contributed by atoms with E-state index < -0.39 is 0 Å². The van der Waals surface area contributed by atoms with Crippen molar-refractivity contribution in [3.63, 3.8) is 0 Å². The lowest BCUT2D eigenvalue weighted by molar-refractivity contribution is 0.0113. The van der Waals surface area contributed by atoms with Crippen molar-refractivity contribution in [2.75, 3.05) is 6.54 Å². The van der Waals surface area contributed by atoms with Crippen molar-refractivity contribution in [2.24, 2.45) is 0 Å². The zero-order chi connectivity index (χ0) is 11.4. The first-order chi connectivity index (χ1) is 6.31. The third-order valence-electron chi connectivity index (χ3n) is 3.64. The molecule has 0 aliphatic carbocycles. The van der Waals surface area contributed by atoms with Gasteiger partial charge in [-0.3, -0.25) is 4.90 Å². The van der Waals surface area contributed by atoms with E-state index >= 15 is 0 Å². The van der Waals surface area contributed by atoms with E-state index in [0.29, 0.717) is 11.1 Å². The molecule has 0 aromatic carbocycles. The fourth-order valence-corrected chi connectivity index (χ4v) is 2.03. The van der Waals surface area contributed by atoms with Crippen LogP contribution in [0.3, 0.4) is 0 Å². The van der Waals surface area contributed by atoms with Crippen molar-refractivity contribution in [3.8, 4) is 0 Å². The third-order valence-corrected chi connectivity index (χ3v) is 3.64. The largest absolute Gasteiger partial charge is 0.293 e. The Bertz CT molecular complexity index is 143. The molecule has 0 saturated carbocycles. The molecule has 1 heteroatoms. The Morgan fingerprint density at radius 1 is 0.786 bits per heavy atom. The quantitative estimate of drug-likeness (QED) is 0.623. The molecular weight excluding hydrogens is 170 g/mol. The predicted molar refractivity (Wildman–Crippen MR) is 65.7 cm³/mol. The van der Waals surface area contributed by atoms with Gasteiger partial charge in [-0.15, -0.1) is 0 Å². The highest BCUT2D eigenvalue weighted by Crippen LogP contribution is 2.30. The number of hydrogen-bond donors (Lipinski definition) is 0. The molecule has 0 aromatic heterocycles. The Labute approximate surface area is 90.9 Å². The third kappa shape index (κ3) is 3.27. The summed E-state index contributed by atoms with van der Waals surface area (Å²) >= 11 is 0. The molecule has 0 bridgehead atoms. The van der Waals surface area contributed by atoms with Gasteiger partial charge < -0.3 is 0 Å². The maximum Gasteiger partial charge on any atom is 0.0155 e. The van der Waals surface area contributed by atoms with Crippen LogP contribution in [0.25, 0.3) is 0 Å². The molecule has 0 heterocycles. The van der Waals surface area contributed by atoms with Crippen LogP contribution in [0.1, 0.15) is 67.7 Å². The highest BCUT2D eigenvalue weighted by Gasteiger charge is 2.34. The second kappa shape index (κ2) is 5.16. The SMILES string of the molecule is CCCN(C(C)(C)CC)C(C)(C)CC. The lowest BCUT2D eigenvalue weighted by Crippen LogP contribution is -2.55. The minimum absolute atomic E-state index is 0.329. The molecule has 0 amide bonds. The van der Waals surface area contributed by atoms with Crippen LogP contribution >= 0.6 is 0 Å². The van der Waals surface area contributed by atoms with E-state index in [0.717, 1.165) is 0 Å². The molecule has 0 N–H and O–H groups in total. The summed E-state index contributed by atoms with van der Waals surface area (Å²) in [6.07, 6.45) is 3.68. The summed E-state index contributed by atoms with van der Waals surface area (Å²) in [4.78, 5) is 2.67. The zero-order valence-electron chi connectivity index (χ0n) is 11.3. The number of nitrogens with zero attached hydrogens (tertiary/aromatic N) is 1. The van der Waals surface area contributed by atoms with Gasteiger partial charge in [0.1, 0.15) is 0 Å². The maximum absolute atomic E-state index is 2.67. The smallest absolute Gasteiger partial charge is 0.0155 e. The fourth-order valence-electron chi connectivity index (χ4n) is 2.03. The van der Waals surface area contributed by atoms with Crippen molar-refractivity contribution in [3.05, 3.63) is 0 Å². The lowest BCUT2D eigenvalue weighted by atomic mass is 9.89. The first-order valence-electron chi connectivity index (χ1n) is 6.09. The summed E-state index contributed by atoms with van der Waals surface area (Å²) in [5.41, 5.74) is 0.658. The van der Waals surface area contributed by atoms with Crippen LogP contribution in [0.4, 0.5) is 0 Å². The van der Waals surface area contributed by atoms with Gasteiger partial charge in [0.05, 0.1) is 0 Å². The van der Waals surface area contributed by atoms with Crippen LogP contribution in [-0.4, -0.2) is 22.5 Å². The molecular formula is C13H29N. The molecule has 0 saturated heterocycles. The maximum atomic E-state index is 2.67. The van der Waals surface area contributed by atoms with Gasteiger partial charge >= 0.3 is 0 Å². The summed E-state index contributed by atoms with van der Waals surface area (Å²) in [6.45, 7) is 17.5. The average molecular weight is 199 g/mol. The van der Waals surface area contributed by atoms with Crippen LogP contribution in [0.2, 0.25) is 0 Å². The zero-order valence-corrected chi connectivity index (χ0v) is 11.3. The molecule has 0 rings (SSSR count). The van der Waals surface area contributed by atoms with Gasteiger partial charge in [0, 0.05) is 11.1 Å². The lowest BCUT2D eigenvalue weighted by Gasteiger charge is -2.48. The average Bonchev–Trinajstić information content (AvgIpc) is 2.13. The van der Waals surface area contributed by atoms with Gasteiger partial charge in [-0.1, -0.05) is 20.8 Å². The Hall–Kier alpha value is -0.0400. The van der Waals surface area contributed by atoms with Crippen LogP contribution < -0.4 is 0 Å². The predicted octanol–water partition coefficient (Wildman–Crippen LogP) is 4.08. The van der Waals surface area contributed by atoms with E-state index in [2.05, 4.69) is 53.4 Å². The first kappa shape index (κ1) is 14.0. The summed E-state index contributed by atoms with van der Waals surface area (Å²) < 4.78 is 0. The second-order valence-electron chi connectivity index (χ2n) is 5.48. The van der Waals surface area contributed by atoms with Gasteiger partial charge in [-0.2, -0.15) is 0 Å². The van der Waals surface area contributed by atoms with Crippen LogP contribution in [-0.2, 0) is 0 Å². The molecule has 0 spiro atoms. The number of hydrogen-bond acceptors (Lipinski definition) is 1. The molecule has 86 valence electrons. The van der Waals surface area contributed by atoms with Crippen LogP contribution in [0.5, 0.6) is 0 Å². The molecule has 0 fully saturated rings. The Morgan fingerprint density at radius 2 is 1.14 bits per heavy atom. The van der Waals surface area contributed by atoms with E-state index in [1.165, 1.54) is 25.8 Å². The van der Waals surface area contributed by atoms with Gasteiger partial charge in [0.15, 0.2) is 0 Å². The van der Waals surface area contributed by atoms with E-state index in [1.807, 2.05) is 0 Å². The molecule has 0 aromatic rings. The summed E-state index contributed by atoms with van der Waals surface area (Å²) in [5, 5.41) is 0. The molecule has 1 nitrogen and oxygen atoms in total. The fraction of sp³-hybridized carbons (Fsp3) is 1.00. The molecule has 0 aliphatic heterocycles. The first-order valence-corrected chi connectivity index (χ1v) is 6.09. The molecule has 0 unspecified atom stereocenters. The van der Waals surface area contributed by atoms with Gasteiger partial charge in [0.2, 0.25) is 0 Å². The van der Waals surface area contributed by atoms with E-state index in [9.17, 15) is 0 Å². The van der Waals surface area contributed by atoms with Gasteiger partial charge in [0.25, 0.3) is 0 Å². The van der Waals surface area contributed by atoms with Crippen LogP contribution in [0, 0.1) is 0 Å². The van der Waals surface area contributed by atoms with Crippen molar-refractivity contribution in [2.45, 2.75) is 78.8 Å². The molecule has 14 heavy (non-hydrogen) atoms. The van der Waals surface area contributed by atoms with E-state index in [1.54, 1.807) is 0 Å². The summed E-state index contributed by atoms with van der Waals surface area (Å²) in [5.74, 6) is 0. The standard InChI is InChI=1S/C13H29N/c1-8-11-14(12(4,5)9-2)13(6,7)10-3/h8-11H2,1-7H3. The van der Waals surface area contributed by atoms with Crippen molar-refractivity contribution >= 4 is 0 Å². The monoisotopic (exact) mass is 199 g/mol. The number of rotatable bonds is 6. The molecule has 0 atom stereocenters. The summed E-state index contributed by atoms with van der Waals surface area (Å²) in [7, 11) is 0.